The first kappa shape index (κ1) is 11.4. The van der Waals surface area contributed by atoms with Crippen LogP contribution in [0.5, 0.6) is 0 Å². The predicted molar refractivity (Wildman–Crippen MR) is 38.4 cm³/mol. The van der Waals surface area contributed by atoms with Gasteiger partial charge in [0.05, 0.1) is 5.51 Å². The average molecular weight is 149 g/mol. The van der Waals surface area contributed by atoms with Gasteiger partial charge in [0.1, 0.15) is 0 Å². The molecule has 3 nitrogen and oxygen atoms in total. The van der Waals surface area contributed by atoms with Crippen molar-refractivity contribution in [2.24, 2.45) is 0 Å². The topological polar surface area (TPSA) is 53.4 Å². The molecule has 1 aromatic heterocycles. The fraction of sp³-hybridized carbons (Fsp3) is 0.400. The summed E-state index contributed by atoms with van der Waals surface area (Å²) >= 11 is 1.60. The maximum atomic E-state index is 7.00. The van der Waals surface area contributed by atoms with Crippen molar-refractivity contribution in [3.05, 3.63) is 17.1 Å². The summed E-state index contributed by atoms with van der Waals surface area (Å²) in [6.45, 7) is 0. The molecule has 0 saturated carbocycles. The second-order valence-electron chi connectivity index (χ2n) is 0.676. The third-order valence-corrected chi connectivity index (χ3v) is 0.869. The van der Waals surface area contributed by atoms with E-state index in [2.05, 4.69) is 4.98 Å². The lowest BCUT2D eigenvalue weighted by atomic mass is 11.0. The van der Waals surface area contributed by atoms with Crippen LogP contribution in [0.15, 0.2) is 17.1 Å². The van der Waals surface area contributed by atoms with E-state index in [9.17, 15) is 0 Å². The van der Waals surface area contributed by atoms with Crippen molar-refractivity contribution in [2.45, 2.75) is 0 Å². The van der Waals surface area contributed by atoms with Crippen molar-refractivity contribution < 1.29 is 10.2 Å². The maximum Gasteiger partial charge on any atom is 0.0791 e. The van der Waals surface area contributed by atoms with Gasteiger partial charge in [-0.2, -0.15) is 0 Å². The highest BCUT2D eigenvalue weighted by molar-refractivity contribution is 7.07. The number of aliphatic hydroxyl groups excluding tert-OH is 2. The first-order chi connectivity index (χ1) is 4.50. The predicted octanol–water partition coefficient (Wildman–Crippen LogP) is 0.360. The molecule has 0 radical (unpaired) electrons. The van der Waals surface area contributed by atoms with Crippen molar-refractivity contribution in [3.8, 4) is 0 Å². The van der Waals surface area contributed by atoms with E-state index < -0.39 is 0 Å². The molecule has 2 N–H and O–H groups in total. The molecule has 54 valence electrons. The summed E-state index contributed by atoms with van der Waals surface area (Å²) in [6.07, 6.45) is 1.77. The van der Waals surface area contributed by atoms with Crippen LogP contribution in [0.4, 0.5) is 0 Å². The first-order valence-electron chi connectivity index (χ1n) is 2.22. The van der Waals surface area contributed by atoms with Gasteiger partial charge in [0.2, 0.25) is 0 Å². The first-order valence-corrected chi connectivity index (χ1v) is 3.16. The van der Waals surface area contributed by atoms with E-state index in [1.807, 2.05) is 5.38 Å². The Morgan fingerprint density at radius 3 is 1.89 bits per heavy atom. The second kappa shape index (κ2) is 15.6. The lowest BCUT2D eigenvalue weighted by Crippen LogP contribution is -1.38. The van der Waals surface area contributed by atoms with E-state index >= 15 is 0 Å². The molecule has 4 heteroatoms. The lowest BCUT2D eigenvalue weighted by molar-refractivity contribution is 0.399. The van der Waals surface area contributed by atoms with Crippen LogP contribution in [0.1, 0.15) is 0 Å². The van der Waals surface area contributed by atoms with Crippen LogP contribution in [0.2, 0.25) is 0 Å². The highest BCUT2D eigenvalue weighted by Gasteiger charge is 1.59. The summed E-state index contributed by atoms with van der Waals surface area (Å²) in [6, 6.07) is 0. The fourth-order valence-corrected chi connectivity index (χ4v) is 0.527. The van der Waals surface area contributed by atoms with Crippen molar-refractivity contribution in [2.75, 3.05) is 14.2 Å². The number of hydrogen-bond donors (Lipinski definition) is 2. The van der Waals surface area contributed by atoms with Gasteiger partial charge < -0.3 is 10.2 Å². The standard InChI is InChI=1S/C3H3NS.2CH4O/c1-2-5-3-4-1;2*1-2/h1-3H;2*2H,1H3. The van der Waals surface area contributed by atoms with E-state index in [1.54, 1.807) is 23.0 Å². The molecule has 0 fully saturated rings. The molecule has 0 bridgehead atoms. The smallest absolute Gasteiger partial charge is 0.0791 e. The summed E-state index contributed by atoms with van der Waals surface area (Å²) in [7, 11) is 2.00. The number of aliphatic hydroxyl groups is 2. The SMILES string of the molecule is CO.CO.c1cscn1. The van der Waals surface area contributed by atoms with Crippen LogP contribution in [0.25, 0.3) is 0 Å². The van der Waals surface area contributed by atoms with E-state index in [0.717, 1.165) is 14.2 Å². The largest absolute Gasteiger partial charge is 0.400 e. The van der Waals surface area contributed by atoms with Crippen LogP contribution in [0, 0.1) is 0 Å². The molecule has 0 atom stereocenters. The van der Waals surface area contributed by atoms with Gasteiger partial charge in [-0.05, 0) is 0 Å². The van der Waals surface area contributed by atoms with Gasteiger partial charge in [0.25, 0.3) is 0 Å². The lowest BCUT2D eigenvalue weighted by Gasteiger charge is -1.41. The van der Waals surface area contributed by atoms with Gasteiger partial charge in [0, 0.05) is 25.8 Å². The molecular weight excluding hydrogens is 138 g/mol. The highest BCUT2D eigenvalue weighted by Crippen LogP contribution is 1.85. The van der Waals surface area contributed by atoms with Gasteiger partial charge in [-0.25, -0.2) is 0 Å². The monoisotopic (exact) mass is 149 g/mol. The van der Waals surface area contributed by atoms with Crippen LogP contribution in [-0.2, 0) is 0 Å². The van der Waals surface area contributed by atoms with E-state index in [1.165, 1.54) is 0 Å². The Bertz CT molecular complexity index is 71.4. The quantitative estimate of drug-likeness (QED) is 0.560. The average Bonchev–Trinajstić information content (AvgIpc) is 2.51. The molecule has 0 aromatic carbocycles. The van der Waals surface area contributed by atoms with Gasteiger partial charge in [-0.1, -0.05) is 0 Å². The van der Waals surface area contributed by atoms with Crippen LogP contribution < -0.4 is 0 Å². The van der Waals surface area contributed by atoms with E-state index in [0.29, 0.717) is 0 Å². The summed E-state index contributed by atoms with van der Waals surface area (Å²) in [4.78, 5) is 3.74. The Kier molecular flexibility index (Phi) is 19.7. The van der Waals surface area contributed by atoms with Crippen LogP contribution in [0.3, 0.4) is 0 Å². The van der Waals surface area contributed by atoms with Crippen molar-refractivity contribution in [1.29, 1.82) is 0 Å². The van der Waals surface area contributed by atoms with Crippen molar-refractivity contribution in [3.63, 3.8) is 0 Å². The minimum absolute atomic E-state index is 1.00. The molecule has 1 rings (SSSR count). The Labute approximate surface area is 58.6 Å². The molecule has 0 saturated heterocycles. The van der Waals surface area contributed by atoms with Crippen LogP contribution in [-0.4, -0.2) is 29.4 Å². The normalized spacial score (nSPS) is 5.78. The van der Waals surface area contributed by atoms with Crippen LogP contribution >= 0.6 is 11.3 Å². The number of aromatic nitrogens is 1. The molecule has 0 amide bonds. The second-order valence-corrected chi connectivity index (χ2v) is 1.43. The molecule has 0 aliphatic rings. The Hall–Kier alpha value is -0.450. The summed E-state index contributed by atoms with van der Waals surface area (Å²) in [5.74, 6) is 0. The Morgan fingerprint density at radius 2 is 1.78 bits per heavy atom. The summed E-state index contributed by atoms with van der Waals surface area (Å²) in [5, 5.41) is 15.9. The third-order valence-electron chi connectivity index (χ3n) is 0.347. The zero-order valence-electron chi connectivity index (χ0n) is 5.48. The van der Waals surface area contributed by atoms with Crippen molar-refractivity contribution in [1.82, 2.24) is 4.98 Å². The zero-order valence-corrected chi connectivity index (χ0v) is 6.30. The molecule has 1 heterocycles. The van der Waals surface area contributed by atoms with Crippen molar-refractivity contribution >= 4 is 11.3 Å². The minimum atomic E-state index is 1.00. The zero-order chi connectivity index (χ0) is 7.54. The summed E-state index contributed by atoms with van der Waals surface area (Å²) < 4.78 is 0. The molecule has 0 spiro atoms. The molecule has 0 aliphatic carbocycles. The van der Waals surface area contributed by atoms with Gasteiger partial charge in [-0.3, -0.25) is 4.98 Å². The van der Waals surface area contributed by atoms with Gasteiger partial charge in [0.15, 0.2) is 0 Å². The number of rotatable bonds is 0. The Balaban J connectivity index is 0. The summed E-state index contributed by atoms with van der Waals surface area (Å²) in [5.41, 5.74) is 1.79. The number of hydrogen-bond acceptors (Lipinski definition) is 4. The molecule has 1 aromatic rings. The minimum Gasteiger partial charge on any atom is -0.400 e. The molecule has 0 aliphatic heterocycles. The van der Waals surface area contributed by atoms with Gasteiger partial charge in [-0.15, -0.1) is 11.3 Å². The molecular formula is C5H11NO2S. The highest BCUT2D eigenvalue weighted by atomic mass is 32.1. The van der Waals surface area contributed by atoms with E-state index in [-0.39, 0.29) is 0 Å². The number of thiazole rings is 1. The maximum absolute atomic E-state index is 7.00. The van der Waals surface area contributed by atoms with Gasteiger partial charge >= 0.3 is 0 Å². The fourth-order valence-electron chi connectivity index (χ4n) is 0.176. The molecule has 9 heavy (non-hydrogen) atoms. The van der Waals surface area contributed by atoms with E-state index in [4.69, 9.17) is 10.2 Å². The Morgan fingerprint density at radius 1 is 1.22 bits per heavy atom. The number of nitrogens with zero attached hydrogens (tertiary/aromatic N) is 1. The third kappa shape index (κ3) is 11.2. The molecule has 0 unspecified atom stereocenters.